The van der Waals surface area contributed by atoms with Crippen molar-refractivity contribution in [2.45, 2.75) is 33.6 Å². The summed E-state index contributed by atoms with van der Waals surface area (Å²) in [7, 11) is 0. The normalized spacial score (nSPS) is 19.8. The molecule has 0 atom stereocenters. The van der Waals surface area contributed by atoms with Crippen LogP contribution in [0.15, 0.2) is 18.2 Å². The quantitative estimate of drug-likeness (QED) is 0.733. The van der Waals surface area contributed by atoms with Gasteiger partial charge in [0.2, 0.25) is 0 Å². The lowest BCUT2D eigenvalue weighted by Gasteiger charge is -2.38. The van der Waals surface area contributed by atoms with Gasteiger partial charge in [0.05, 0.1) is 0 Å². The lowest BCUT2D eigenvalue weighted by Crippen LogP contribution is -2.37. The molecular weight excluding hydrogens is 196 g/mol. The van der Waals surface area contributed by atoms with E-state index in [9.17, 15) is 0 Å². The van der Waals surface area contributed by atoms with E-state index >= 15 is 0 Å². The van der Waals surface area contributed by atoms with Crippen LogP contribution in [0.5, 0.6) is 0 Å². The summed E-state index contributed by atoms with van der Waals surface area (Å²) in [6.45, 7) is 9.20. The van der Waals surface area contributed by atoms with Gasteiger partial charge >= 0.3 is 0 Å². The zero-order valence-corrected chi connectivity index (χ0v) is 10.6. The Balaban J connectivity index is 2.14. The molecule has 0 aliphatic carbocycles. The number of hydrogen-bond donors (Lipinski definition) is 1. The second-order valence-corrected chi connectivity index (χ2v) is 5.70. The third-order valence-electron chi connectivity index (χ3n) is 3.68. The molecule has 0 saturated carbocycles. The van der Waals surface area contributed by atoms with E-state index in [2.05, 4.69) is 37.8 Å². The average Bonchev–Trinajstić information content (AvgIpc) is 2.19. The number of nitrogen functional groups attached to an aromatic ring is 1. The third kappa shape index (κ3) is 2.31. The van der Waals surface area contributed by atoms with Crippen molar-refractivity contribution in [3.63, 3.8) is 0 Å². The van der Waals surface area contributed by atoms with Gasteiger partial charge in [-0.3, -0.25) is 0 Å². The van der Waals surface area contributed by atoms with Crippen molar-refractivity contribution in [3.05, 3.63) is 23.8 Å². The van der Waals surface area contributed by atoms with Gasteiger partial charge in [0, 0.05) is 24.5 Å². The number of piperidine rings is 1. The van der Waals surface area contributed by atoms with E-state index in [-0.39, 0.29) is 0 Å². The topological polar surface area (TPSA) is 29.3 Å². The van der Waals surface area contributed by atoms with Crippen molar-refractivity contribution < 1.29 is 0 Å². The second kappa shape index (κ2) is 4.00. The summed E-state index contributed by atoms with van der Waals surface area (Å²) in [4.78, 5) is 2.49. The van der Waals surface area contributed by atoms with Crippen LogP contribution >= 0.6 is 0 Å². The molecule has 0 amide bonds. The molecule has 1 heterocycles. The van der Waals surface area contributed by atoms with Gasteiger partial charge in [-0.15, -0.1) is 0 Å². The van der Waals surface area contributed by atoms with Gasteiger partial charge in [0.15, 0.2) is 0 Å². The predicted molar refractivity (Wildman–Crippen MR) is 70.8 cm³/mol. The molecule has 16 heavy (non-hydrogen) atoms. The summed E-state index contributed by atoms with van der Waals surface area (Å²) >= 11 is 0. The zero-order valence-electron chi connectivity index (χ0n) is 10.6. The highest BCUT2D eigenvalue weighted by molar-refractivity contribution is 5.59. The van der Waals surface area contributed by atoms with Crippen LogP contribution in [0.25, 0.3) is 0 Å². The molecule has 1 saturated heterocycles. The number of hydrogen-bond acceptors (Lipinski definition) is 2. The molecule has 88 valence electrons. The average molecular weight is 218 g/mol. The minimum Gasteiger partial charge on any atom is -0.399 e. The Morgan fingerprint density at radius 1 is 1.19 bits per heavy atom. The first-order valence-electron chi connectivity index (χ1n) is 6.09. The molecule has 2 N–H and O–H groups in total. The van der Waals surface area contributed by atoms with Crippen molar-refractivity contribution in [1.82, 2.24) is 0 Å². The molecule has 2 heteroatoms. The van der Waals surface area contributed by atoms with E-state index in [0.717, 1.165) is 18.8 Å². The van der Waals surface area contributed by atoms with Crippen LogP contribution in [-0.2, 0) is 0 Å². The van der Waals surface area contributed by atoms with Crippen LogP contribution in [-0.4, -0.2) is 13.1 Å². The van der Waals surface area contributed by atoms with Crippen LogP contribution in [0.2, 0.25) is 0 Å². The zero-order chi connectivity index (χ0) is 11.8. The Bertz CT molecular complexity index is 372. The monoisotopic (exact) mass is 218 g/mol. The Hall–Kier alpha value is -1.18. The molecule has 1 aromatic carbocycles. The Labute approximate surface area is 98.4 Å². The summed E-state index contributed by atoms with van der Waals surface area (Å²) in [5.41, 5.74) is 9.80. The van der Waals surface area contributed by atoms with Gasteiger partial charge in [-0.1, -0.05) is 13.8 Å². The van der Waals surface area contributed by atoms with Crippen LogP contribution < -0.4 is 10.6 Å². The number of aryl methyl sites for hydroxylation is 1. The highest BCUT2D eigenvalue weighted by Crippen LogP contribution is 2.33. The third-order valence-corrected chi connectivity index (χ3v) is 3.68. The van der Waals surface area contributed by atoms with Crippen molar-refractivity contribution in [2.75, 3.05) is 23.7 Å². The Morgan fingerprint density at radius 2 is 1.81 bits per heavy atom. The summed E-state index contributed by atoms with van der Waals surface area (Å²) in [6.07, 6.45) is 2.55. The van der Waals surface area contributed by atoms with Crippen molar-refractivity contribution in [2.24, 2.45) is 5.41 Å². The fourth-order valence-electron chi connectivity index (χ4n) is 2.39. The highest BCUT2D eigenvalue weighted by atomic mass is 15.1. The molecule has 0 spiro atoms. The van der Waals surface area contributed by atoms with Crippen molar-refractivity contribution in [1.29, 1.82) is 0 Å². The van der Waals surface area contributed by atoms with Gasteiger partial charge in [0.1, 0.15) is 0 Å². The highest BCUT2D eigenvalue weighted by Gasteiger charge is 2.25. The largest absolute Gasteiger partial charge is 0.399 e. The minimum atomic E-state index is 0.512. The Morgan fingerprint density at radius 3 is 2.38 bits per heavy atom. The van der Waals surface area contributed by atoms with E-state index < -0.39 is 0 Å². The molecule has 2 rings (SSSR count). The van der Waals surface area contributed by atoms with Crippen LogP contribution in [0.4, 0.5) is 11.4 Å². The van der Waals surface area contributed by atoms with Crippen molar-refractivity contribution in [3.8, 4) is 0 Å². The van der Waals surface area contributed by atoms with Crippen LogP contribution in [0.1, 0.15) is 32.3 Å². The van der Waals surface area contributed by atoms with E-state index in [1.165, 1.54) is 24.1 Å². The maximum atomic E-state index is 5.78. The van der Waals surface area contributed by atoms with Crippen LogP contribution in [0.3, 0.4) is 0 Å². The molecule has 1 aromatic rings. The second-order valence-electron chi connectivity index (χ2n) is 5.70. The lowest BCUT2D eigenvalue weighted by molar-refractivity contribution is 0.279. The standard InChI is InChI=1S/C14H22N2/c1-11-10-12(15)4-5-13(11)16-8-6-14(2,3)7-9-16/h4-5,10H,6-9,15H2,1-3H3. The molecule has 1 aliphatic heterocycles. The van der Waals surface area contributed by atoms with Gasteiger partial charge in [-0.25, -0.2) is 0 Å². The van der Waals surface area contributed by atoms with Gasteiger partial charge < -0.3 is 10.6 Å². The number of benzene rings is 1. The fraction of sp³-hybridized carbons (Fsp3) is 0.571. The van der Waals surface area contributed by atoms with Gasteiger partial charge in [-0.05, 0) is 48.9 Å². The molecule has 2 nitrogen and oxygen atoms in total. The minimum absolute atomic E-state index is 0.512. The van der Waals surface area contributed by atoms with Gasteiger partial charge in [-0.2, -0.15) is 0 Å². The number of nitrogens with zero attached hydrogens (tertiary/aromatic N) is 1. The number of nitrogens with two attached hydrogens (primary N) is 1. The first-order chi connectivity index (χ1) is 7.48. The van der Waals surface area contributed by atoms with Gasteiger partial charge in [0.25, 0.3) is 0 Å². The summed E-state index contributed by atoms with van der Waals surface area (Å²) in [5, 5.41) is 0. The number of anilines is 2. The number of rotatable bonds is 1. The van der Waals surface area contributed by atoms with E-state index in [0.29, 0.717) is 5.41 Å². The molecule has 0 radical (unpaired) electrons. The maximum absolute atomic E-state index is 5.78. The molecular formula is C14H22N2. The molecule has 0 unspecified atom stereocenters. The summed E-state index contributed by atoms with van der Waals surface area (Å²) in [6, 6.07) is 6.22. The van der Waals surface area contributed by atoms with E-state index in [1.807, 2.05) is 6.07 Å². The molecule has 0 aromatic heterocycles. The summed E-state index contributed by atoms with van der Waals surface area (Å²) in [5.74, 6) is 0. The Kier molecular flexibility index (Phi) is 2.83. The maximum Gasteiger partial charge on any atom is 0.0397 e. The fourth-order valence-corrected chi connectivity index (χ4v) is 2.39. The summed E-state index contributed by atoms with van der Waals surface area (Å²) < 4.78 is 0. The van der Waals surface area contributed by atoms with E-state index in [4.69, 9.17) is 5.73 Å². The van der Waals surface area contributed by atoms with Crippen molar-refractivity contribution >= 4 is 11.4 Å². The lowest BCUT2D eigenvalue weighted by atomic mass is 9.82. The molecule has 1 fully saturated rings. The first kappa shape index (κ1) is 11.3. The SMILES string of the molecule is Cc1cc(N)ccc1N1CCC(C)(C)CC1. The van der Waals surface area contributed by atoms with Crippen LogP contribution in [0, 0.1) is 12.3 Å². The molecule has 1 aliphatic rings. The smallest absolute Gasteiger partial charge is 0.0397 e. The predicted octanol–water partition coefficient (Wildman–Crippen LogP) is 3.20. The van der Waals surface area contributed by atoms with E-state index in [1.54, 1.807) is 0 Å². The molecule has 0 bridgehead atoms. The first-order valence-corrected chi connectivity index (χ1v) is 6.09.